The quantitative estimate of drug-likeness (QED) is 0.516. The number of hydrogen-bond donors (Lipinski definition) is 2. The van der Waals surface area contributed by atoms with Crippen molar-refractivity contribution < 1.29 is 19.8 Å². The first kappa shape index (κ1) is 23.6. The summed E-state index contributed by atoms with van der Waals surface area (Å²) in [6.07, 6.45) is 1.62. The van der Waals surface area contributed by atoms with Crippen molar-refractivity contribution >= 4 is 11.9 Å². The lowest BCUT2D eigenvalue weighted by Gasteiger charge is -2.34. The van der Waals surface area contributed by atoms with Gasteiger partial charge in [0.05, 0.1) is 0 Å². The second kappa shape index (κ2) is 12.1. The predicted octanol–water partition coefficient (Wildman–Crippen LogP) is 4.06. The molecule has 30 heavy (non-hydrogen) atoms. The lowest BCUT2D eigenvalue weighted by molar-refractivity contribution is -0.146. The summed E-state index contributed by atoms with van der Waals surface area (Å²) in [7, 11) is 0. The standard InChI is InChI=1S/C24H32N2O4/c1-3-15-25(21(23(27)28)19-11-7-5-8-12-19)17-18-26(16-4-2)22(24(29)30)20-13-9-6-10-14-20/h5-14,21-22H,3-4,15-18H2,1-2H3,(H,27,28)(H,29,30)/t21-,22-/m0/s1. The van der Waals surface area contributed by atoms with Crippen LogP contribution in [0.5, 0.6) is 0 Å². The third-order valence-electron chi connectivity index (χ3n) is 5.12. The van der Waals surface area contributed by atoms with Crippen LogP contribution < -0.4 is 0 Å². The normalized spacial score (nSPS) is 13.3. The fourth-order valence-electron chi connectivity index (χ4n) is 3.86. The molecule has 0 amide bonds. The molecule has 6 heteroatoms. The topological polar surface area (TPSA) is 81.1 Å². The maximum atomic E-state index is 12.1. The molecular weight excluding hydrogens is 380 g/mol. The number of aliphatic carboxylic acids is 2. The minimum Gasteiger partial charge on any atom is -0.480 e. The first-order valence-electron chi connectivity index (χ1n) is 10.5. The van der Waals surface area contributed by atoms with Crippen LogP contribution in [0.3, 0.4) is 0 Å². The summed E-state index contributed by atoms with van der Waals surface area (Å²) in [6, 6.07) is 16.9. The predicted molar refractivity (Wildman–Crippen MR) is 117 cm³/mol. The Kier molecular flexibility index (Phi) is 9.51. The van der Waals surface area contributed by atoms with Gasteiger partial charge in [-0.1, -0.05) is 74.5 Å². The summed E-state index contributed by atoms with van der Waals surface area (Å²) in [6.45, 7) is 6.21. The van der Waals surface area contributed by atoms with Crippen molar-refractivity contribution in [2.75, 3.05) is 26.2 Å². The Bertz CT molecular complexity index is 715. The minimum absolute atomic E-state index is 0.469. The van der Waals surface area contributed by atoms with Gasteiger partial charge in [-0.2, -0.15) is 0 Å². The summed E-state index contributed by atoms with van der Waals surface area (Å²) < 4.78 is 0. The number of carbonyl (C=O) groups is 2. The van der Waals surface area contributed by atoms with Gasteiger partial charge >= 0.3 is 11.9 Å². The zero-order valence-electron chi connectivity index (χ0n) is 17.8. The van der Waals surface area contributed by atoms with E-state index in [0.29, 0.717) is 26.2 Å². The largest absolute Gasteiger partial charge is 0.480 e. The monoisotopic (exact) mass is 412 g/mol. The molecule has 0 spiro atoms. The van der Waals surface area contributed by atoms with Crippen molar-refractivity contribution in [3.05, 3.63) is 71.8 Å². The molecule has 2 N–H and O–H groups in total. The van der Waals surface area contributed by atoms with E-state index in [-0.39, 0.29) is 0 Å². The second-order valence-electron chi connectivity index (χ2n) is 7.37. The van der Waals surface area contributed by atoms with E-state index in [2.05, 4.69) is 0 Å². The third kappa shape index (κ3) is 6.40. The van der Waals surface area contributed by atoms with Crippen LogP contribution in [0.1, 0.15) is 49.9 Å². The van der Waals surface area contributed by atoms with E-state index in [1.54, 1.807) is 0 Å². The molecular formula is C24H32N2O4. The molecule has 0 heterocycles. The molecule has 0 radical (unpaired) electrons. The van der Waals surface area contributed by atoms with Crippen LogP contribution in [-0.4, -0.2) is 58.1 Å². The molecule has 0 unspecified atom stereocenters. The van der Waals surface area contributed by atoms with E-state index in [1.165, 1.54) is 0 Å². The number of nitrogens with zero attached hydrogens (tertiary/aromatic N) is 2. The second-order valence-corrected chi connectivity index (χ2v) is 7.37. The van der Waals surface area contributed by atoms with Gasteiger partial charge in [-0.05, 0) is 37.1 Å². The van der Waals surface area contributed by atoms with Gasteiger partial charge in [-0.25, -0.2) is 0 Å². The molecule has 0 aliphatic heterocycles. The fourth-order valence-corrected chi connectivity index (χ4v) is 3.86. The van der Waals surface area contributed by atoms with Crippen LogP contribution in [0, 0.1) is 0 Å². The number of rotatable bonds is 13. The van der Waals surface area contributed by atoms with E-state index in [1.807, 2.05) is 84.3 Å². The first-order chi connectivity index (χ1) is 14.5. The Labute approximate surface area is 178 Å². The van der Waals surface area contributed by atoms with E-state index in [4.69, 9.17) is 0 Å². The molecule has 6 nitrogen and oxygen atoms in total. The average molecular weight is 413 g/mol. The molecule has 0 aliphatic rings. The first-order valence-corrected chi connectivity index (χ1v) is 10.5. The third-order valence-corrected chi connectivity index (χ3v) is 5.12. The maximum absolute atomic E-state index is 12.1. The highest BCUT2D eigenvalue weighted by atomic mass is 16.4. The van der Waals surface area contributed by atoms with Gasteiger partial charge in [0.15, 0.2) is 0 Å². The molecule has 0 aliphatic carbocycles. The smallest absolute Gasteiger partial charge is 0.325 e. The molecule has 2 aromatic carbocycles. The minimum atomic E-state index is -0.894. The van der Waals surface area contributed by atoms with E-state index < -0.39 is 24.0 Å². The number of carboxylic acids is 2. The highest BCUT2D eigenvalue weighted by Gasteiger charge is 2.30. The highest BCUT2D eigenvalue weighted by molar-refractivity contribution is 5.76. The molecule has 0 bridgehead atoms. The number of hydrogen-bond acceptors (Lipinski definition) is 4. The lowest BCUT2D eigenvalue weighted by Crippen LogP contribution is -2.43. The summed E-state index contributed by atoms with van der Waals surface area (Å²) in [5.41, 5.74) is 1.47. The van der Waals surface area contributed by atoms with Crippen molar-refractivity contribution in [3.8, 4) is 0 Å². The SMILES string of the molecule is CCCN(CCN(CCC)[C@H](C(=O)O)c1ccccc1)[C@H](C(=O)O)c1ccccc1. The highest BCUT2D eigenvalue weighted by Crippen LogP contribution is 2.24. The Morgan fingerprint density at radius 1 is 0.667 bits per heavy atom. The molecule has 2 rings (SSSR count). The summed E-state index contributed by atoms with van der Waals surface area (Å²) in [5.74, 6) is -1.79. The summed E-state index contributed by atoms with van der Waals surface area (Å²) in [5, 5.41) is 19.8. The zero-order chi connectivity index (χ0) is 21.9. The average Bonchev–Trinajstić information content (AvgIpc) is 2.73. The Morgan fingerprint density at radius 2 is 1.00 bits per heavy atom. The van der Waals surface area contributed by atoms with Gasteiger partial charge in [0.25, 0.3) is 0 Å². The van der Waals surface area contributed by atoms with Crippen molar-refractivity contribution in [3.63, 3.8) is 0 Å². The summed E-state index contributed by atoms with van der Waals surface area (Å²) in [4.78, 5) is 28.1. The molecule has 162 valence electrons. The lowest BCUT2D eigenvalue weighted by atomic mass is 10.0. The van der Waals surface area contributed by atoms with Crippen molar-refractivity contribution in [2.45, 2.75) is 38.8 Å². The van der Waals surface area contributed by atoms with Gasteiger partial charge in [0, 0.05) is 13.1 Å². The van der Waals surface area contributed by atoms with Crippen LogP contribution in [0.2, 0.25) is 0 Å². The van der Waals surface area contributed by atoms with Gasteiger partial charge in [0.1, 0.15) is 12.1 Å². The van der Waals surface area contributed by atoms with E-state index >= 15 is 0 Å². The van der Waals surface area contributed by atoms with Gasteiger partial charge in [-0.15, -0.1) is 0 Å². The van der Waals surface area contributed by atoms with Gasteiger partial charge in [0.2, 0.25) is 0 Å². The molecule has 2 aromatic rings. The maximum Gasteiger partial charge on any atom is 0.325 e. The van der Waals surface area contributed by atoms with Crippen LogP contribution in [-0.2, 0) is 9.59 Å². The Morgan fingerprint density at radius 3 is 1.27 bits per heavy atom. The van der Waals surface area contributed by atoms with E-state index in [0.717, 1.165) is 24.0 Å². The van der Waals surface area contributed by atoms with Crippen molar-refractivity contribution in [2.24, 2.45) is 0 Å². The number of carboxylic acid groups (broad SMARTS) is 2. The zero-order valence-corrected chi connectivity index (χ0v) is 17.8. The van der Waals surface area contributed by atoms with Gasteiger partial charge in [-0.3, -0.25) is 19.4 Å². The molecule has 0 saturated carbocycles. The summed E-state index contributed by atoms with van der Waals surface area (Å²) >= 11 is 0. The van der Waals surface area contributed by atoms with Crippen molar-refractivity contribution in [1.82, 2.24) is 9.80 Å². The Balaban J connectivity index is 2.25. The molecule has 0 saturated heterocycles. The Hall–Kier alpha value is -2.70. The van der Waals surface area contributed by atoms with E-state index in [9.17, 15) is 19.8 Å². The van der Waals surface area contributed by atoms with Crippen LogP contribution >= 0.6 is 0 Å². The van der Waals surface area contributed by atoms with Gasteiger partial charge < -0.3 is 10.2 Å². The van der Waals surface area contributed by atoms with Crippen molar-refractivity contribution in [1.29, 1.82) is 0 Å². The van der Waals surface area contributed by atoms with Crippen LogP contribution in [0.15, 0.2) is 60.7 Å². The number of benzene rings is 2. The molecule has 0 fully saturated rings. The fraction of sp³-hybridized carbons (Fsp3) is 0.417. The molecule has 2 atom stereocenters. The van der Waals surface area contributed by atoms with Crippen LogP contribution in [0.25, 0.3) is 0 Å². The van der Waals surface area contributed by atoms with Crippen LogP contribution in [0.4, 0.5) is 0 Å². The molecule has 0 aromatic heterocycles.